The minimum absolute atomic E-state index is 0.236. The molecule has 0 N–H and O–H groups in total. The highest BCUT2D eigenvalue weighted by molar-refractivity contribution is 7.13. The van der Waals surface area contributed by atoms with Crippen molar-refractivity contribution in [2.24, 2.45) is 0 Å². The number of pyridine rings is 1. The van der Waals surface area contributed by atoms with E-state index in [1.165, 1.54) is 13.2 Å². The molecule has 0 spiro atoms. The molecule has 0 saturated carbocycles. The number of likely N-dealkylation sites (N-methyl/N-ethyl adjacent to an activating group) is 1. The molecule has 7 heteroatoms. The zero-order valence-electron chi connectivity index (χ0n) is 15.4. The maximum Gasteiger partial charge on any atom is 0.165 e. The van der Waals surface area contributed by atoms with Crippen molar-refractivity contribution in [2.45, 2.75) is 0 Å². The number of piperazine rings is 1. The van der Waals surface area contributed by atoms with Gasteiger partial charge in [0.25, 0.3) is 0 Å². The van der Waals surface area contributed by atoms with Crippen LogP contribution in [-0.2, 0) is 0 Å². The molecule has 0 atom stereocenters. The van der Waals surface area contributed by atoms with Gasteiger partial charge >= 0.3 is 0 Å². The third-order valence-electron chi connectivity index (χ3n) is 4.77. The molecule has 0 amide bonds. The molecule has 5 nitrogen and oxygen atoms in total. The molecule has 0 radical (unpaired) electrons. The Kier molecular flexibility index (Phi) is 5.05. The van der Waals surface area contributed by atoms with E-state index in [9.17, 15) is 4.39 Å². The van der Waals surface area contributed by atoms with Crippen molar-refractivity contribution in [3.63, 3.8) is 0 Å². The Labute approximate surface area is 162 Å². The van der Waals surface area contributed by atoms with Crippen molar-refractivity contribution in [3.05, 3.63) is 47.7 Å². The van der Waals surface area contributed by atoms with E-state index >= 15 is 0 Å². The smallest absolute Gasteiger partial charge is 0.165 e. The lowest BCUT2D eigenvalue weighted by atomic mass is 10.1. The van der Waals surface area contributed by atoms with Crippen molar-refractivity contribution in [3.8, 4) is 27.6 Å². The fourth-order valence-corrected chi connectivity index (χ4v) is 3.95. The second kappa shape index (κ2) is 7.62. The number of thiazole rings is 1. The lowest BCUT2D eigenvalue weighted by Gasteiger charge is -2.33. The predicted molar refractivity (Wildman–Crippen MR) is 107 cm³/mol. The van der Waals surface area contributed by atoms with Crippen molar-refractivity contribution >= 4 is 17.2 Å². The first-order valence-electron chi connectivity index (χ1n) is 8.83. The van der Waals surface area contributed by atoms with E-state index in [1.807, 2.05) is 23.7 Å². The van der Waals surface area contributed by atoms with E-state index in [0.717, 1.165) is 53.8 Å². The summed E-state index contributed by atoms with van der Waals surface area (Å²) in [6, 6.07) is 8.96. The molecule has 0 aliphatic carbocycles. The van der Waals surface area contributed by atoms with Crippen LogP contribution in [-0.4, -0.2) is 55.2 Å². The summed E-state index contributed by atoms with van der Waals surface area (Å²) in [5.41, 5.74) is 2.53. The molecule has 2 aromatic heterocycles. The molecule has 0 unspecified atom stereocenters. The summed E-state index contributed by atoms with van der Waals surface area (Å²) in [4.78, 5) is 13.9. The summed E-state index contributed by atoms with van der Waals surface area (Å²) in [6.07, 6.45) is 1.83. The van der Waals surface area contributed by atoms with Crippen molar-refractivity contribution < 1.29 is 9.13 Å². The largest absolute Gasteiger partial charge is 0.494 e. The molecular weight excluding hydrogens is 363 g/mol. The van der Waals surface area contributed by atoms with Crippen LogP contribution in [0.5, 0.6) is 5.75 Å². The van der Waals surface area contributed by atoms with Gasteiger partial charge < -0.3 is 14.5 Å². The number of hydrogen-bond donors (Lipinski definition) is 0. The van der Waals surface area contributed by atoms with Crippen LogP contribution in [0.25, 0.3) is 21.8 Å². The van der Waals surface area contributed by atoms with Gasteiger partial charge in [-0.15, -0.1) is 11.3 Å². The summed E-state index contributed by atoms with van der Waals surface area (Å²) in [5.74, 6) is 0.832. The van der Waals surface area contributed by atoms with E-state index in [0.29, 0.717) is 0 Å². The molecule has 0 bridgehead atoms. The first-order chi connectivity index (χ1) is 13.1. The number of hydrogen-bond acceptors (Lipinski definition) is 6. The highest BCUT2D eigenvalue weighted by Crippen LogP contribution is 2.32. The molecule has 1 aliphatic heterocycles. The normalized spacial score (nSPS) is 15.1. The molecule has 1 saturated heterocycles. The van der Waals surface area contributed by atoms with Gasteiger partial charge in [0.05, 0.1) is 12.8 Å². The lowest BCUT2D eigenvalue weighted by molar-refractivity contribution is 0.312. The first-order valence-corrected chi connectivity index (χ1v) is 9.71. The molecule has 1 aliphatic rings. The number of benzene rings is 1. The molecule has 4 rings (SSSR count). The fraction of sp³-hybridized carbons (Fsp3) is 0.300. The molecule has 3 aromatic rings. The summed E-state index contributed by atoms with van der Waals surface area (Å²) in [7, 11) is 3.60. The van der Waals surface area contributed by atoms with Crippen molar-refractivity contribution in [1.29, 1.82) is 0 Å². The molecular formula is C20H21FN4OS. The van der Waals surface area contributed by atoms with Crippen LogP contribution in [0.1, 0.15) is 0 Å². The Bertz CT molecular complexity index is 937. The van der Waals surface area contributed by atoms with Gasteiger partial charge in [0, 0.05) is 48.9 Å². The van der Waals surface area contributed by atoms with Crippen LogP contribution >= 0.6 is 11.3 Å². The monoisotopic (exact) mass is 384 g/mol. The van der Waals surface area contributed by atoms with Gasteiger partial charge in [-0.05, 0) is 37.4 Å². The molecule has 27 heavy (non-hydrogen) atoms. The second-order valence-corrected chi connectivity index (χ2v) is 7.44. The van der Waals surface area contributed by atoms with Crippen LogP contribution in [0.2, 0.25) is 0 Å². The van der Waals surface area contributed by atoms with Crippen LogP contribution in [0.15, 0.2) is 41.9 Å². The standard InChI is InChI=1S/C20H21FN4OS/c1-24-7-9-25(10-8-24)19-12-15(5-6-22-19)20-23-17(13-27-20)14-3-4-18(26-2)16(21)11-14/h3-6,11-13H,7-10H2,1-2H3. The Morgan fingerprint density at radius 3 is 2.63 bits per heavy atom. The van der Waals surface area contributed by atoms with Gasteiger partial charge in [-0.25, -0.2) is 14.4 Å². The van der Waals surface area contributed by atoms with Gasteiger partial charge in [0.2, 0.25) is 0 Å². The Hall–Kier alpha value is -2.51. The minimum Gasteiger partial charge on any atom is -0.494 e. The van der Waals surface area contributed by atoms with E-state index in [1.54, 1.807) is 17.4 Å². The van der Waals surface area contributed by atoms with Crippen molar-refractivity contribution in [2.75, 3.05) is 45.2 Å². The number of anilines is 1. The molecule has 140 valence electrons. The highest BCUT2D eigenvalue weighted by Gasteiger charge is 2.16. The molecule has 3 heterocycles. The van der Waals surface area contributed by atoms with Crippen LogP contribution in [0.3, 0.4) is 0 Å². The number of rotatable bonds is 4. The van der Waals surface area contributed by atoms with E-state index < -0.39 is 0 Å². The topological polar surface area (TPSA) is 41.5 Å². The highest BCUT2D eigenvalue weighted by atomic mass is 32.1. The SMILES string of the molecule is COc1ccc(-c2csc(-c3ccnc(N4CCN(C)CC4)c3)n2)cc1F. The Balaban J connectivity index is 1.58. The zero-order chi connectivity index (χ0) is 18.8. The van der Waals surface area contributed by atoms with Crippen LogP contribution in [0, 0.1) is 5.82 Å². The fourth-order valence-electron chi connectivity index (χ4n) is 3.12. The number of halogens is 1. The quantitative estimate of drug-likeness (QED) is 0.685. The van der Waals surface area contributed by atoms with Crippen LogP contribution in [0.4, 0.5) is 10.2 Å². The maximum atomic E-state index is 14.0. The summed E-state index contributed by atoms with van der Waals surface area (Å²) in [6.45, 7) is 4.02. The average molecular weight is 384 g/mol. The maximum absolute atomic E-state index is 14.0. The van der Waals surface area contributed by atoms with Gasteiger partial charge in [0.1, 0.15) is 10.8 Å². The Morgan fingerprint density at radius 1 is 1.07 bits per heavy atom. The average Bonchev–Trinajstić information content (AvgIpc) is 3.19. The number of methoxy groups -OCH3 is 1. The third kappa shape index (κ3) is 3.79. The van der Waals surface area contributed by atoms with Gasteiger partial charge in [-0.2, -0.15) is 0 Å². The minimum atomic E-state index is -0.384. The number of nitrogens with zero attached hydrogens (tertiary/aromatic N) is 4. The summed E-state index contributed by atoms with van der Waals surface area (Å²) >= 11 is 1.55. The predicted octanol–water partition coefficient (Wildman–Crippen LogP) is 3.77. The first kappa shape index (κ1) is 17.9. The van der Waals surface area contributed by atoms with Crippen LogP contribution < -0.4 is 9.64 Å². The second-order valence-electron chi connectivity index (χ2n) is 6.58. The number of aromatic nitrogens is 2. The zero-order valence-corrected chi connectivity index (χ0v) is 16.2. The van der Waals surface area contributed by atoms with Gasteiger partial charge in [-0.3, -0.25) is 0 Å². The lowest BCUT2D eigenvalue weighted by Crippen LogP contribution is -2.44. The van der Waals surface area contributed by atoms with Gasteiger partial charge in [-0.1, -0.05) is 0 Å². The van der Waals surface area contributed by atoms with Gasteiger partial charge in [0.15, 0.2) is 11.6 Å². The Morgan fingerprint density at radius 2 is 1.89 bits per heavy atom. The summed E-state index contributed by atoms with van der Waals surface area (Å²) < 4.78 is 19.0. The van der Waals surface area contributed by atoms with E-state index in [-0.39, 0.29) is 11.6 Å². The summed E-state index contributed by atoms with van der Waals surface area (Å²) in [5, 5.41) is 2.85. The number of ether oxygens (including phenoxy) is 1. The van der Waals surface area contributed by atoms with Crippen molar-refractivity contribution in [1.82, 2.24) is 14.9 Å². The van der Waals surface area contributed by atoms with E-state index in [2.05, 4.69) is 27.9 Å². The molecule has 1 fully saturated rings. The molecule has 1 aromatic carbocycles. The van der Waals surface area contributed by atoms with E-state index in [4.69, 9.17) is 9.72 Å². The third-order valence-corrected chi connectivity index (χ3v) is 5.66.